The molecule has 0 aliphatic carbocycles. The summed E-state index contributed by atoms with van der Waals surface area (Å²) in [6, 6.07) is 21.9. The number of Topliss-reactive ketones (excluding diaryl/α,β-unsaturated/α-hetero) is 1. The summed E-state index contributed by atoms with van der Waals surface area (Å²) in [6.45, 7) is 0.872. The number of hydrogen-bond acceptors (Lipinski definition) is 5. The Bertz CT molecular complexity index is 1200. The number of nitrogens with zero attached hydrogens (tertiary/aromatic N) is 2. The van der Waals surface area contributed by atoms with Crippen molar-refractivity contribution in [2.24, 2.45) is 0 Å². The molecule has 0 N–H and O–H groups in total. The van der Waals surface area contributed by atoms with Crippen LogP contribution in [0.3, 0.4) is 0 Å². The topological polar surface area (TPSA) is 42.0 Å². The van der Waals surface area contributed by atoms with Crippen molar-refractivity contribution in [1.82, 2.24) is 9.80 Å². The van der Waals surface area contributed by atoms with Gasteiger partial charge in [-0.25, -0.2) is 0 Å². The summed E-state index contributed by atoms with van der Waals surface area (Å²) in [6.07, 6.45) is 3.19. The zero-order valence-electron chi connectivity index (χ0n) is 19.6. The van der Waals surface area contributed by atoms with Crippen molar-refractivity contribution in [2.75, 3.05) is 19.8 Å². The zero-order chi connectivity index (χ0) is 25.5. The number of halogens is 5. The molecule has 196 valence electrons. The Labute approximate surface area is 247 Å². The molecule has 2 atom stereocenters. The van der Waals surface area contributed by atoms with E-state index < -0.39 is 11.6 Å². The lowest BCUT2D eigenvalue weighted by Gasteiger charge is -2.31. The molecular weight excluding hydrogens is 622 g/mol. The number of alkyl halides is 1. The van der Waals surface area contributed by atoms with Gasteiger partial charge in [-0.3, -0.25) is 4.79 Å². The van der Waals surface area contributed by atoms with Gasteiger partial charge < -0.3 is 19.3 Å². The maximum Gasteiger partial charge on any atom is 0.189 e. The van der Waals surface area contributed by atoms with E-state index in [9.17, 15) is 4.79 Å². The predicted octanol–water partition coefficient (Wildman–Crippen LogP) is 7.74. The first-order valence-electron chi connectivity index (χ1n) is 11.2. The molecule has 1 heterocycles. The Morgan fingerprint density at radius 2 is 1.62 bits per heavy atom. The second kappa shape index (κ2) is 14.3. The van der Waals surface area contributed by atoms with Crippen LogP contribution >= 0.6 is 63.4 Å². The lowest BCUT2D eigenvalue weighted by molar-refractivity contribution is -0.121. The fourth-order valence-electron chi connectivity index (χ4n) is 3.68. The van der Waals surface area contributed by atoms with Gasteiger partial charge in [-0.15, -0.1) is 17.0 Å². The van der Waals surface area contributed by atoms with Gasteiger partial charge in [0.15, 0.2) is 5.78 Å². The van der Waals surface area contributed by atoms with E-state index in [4.69, 9.17) is 55.9 Å². The third-order valence-corrected chi connectivity index (χ3v) is 6.85. The molecule has 0 fully saturated rings. The van der Waals surface area contributed by atoms with E-state index in [-0.39, 0.29) is 42.5 Å². The van der Waals surface area contributed by atoms with Crippen LogP contribution in [0.15, 0.2) is 85.2 Å². The van der Waals surface area contributed by atoms with Crippen molar-refractivity contribution < 1.29 is 14.3 Å². The highest BCUT2D eigenvalue weighted by atomic mass is 79.9. The number of benzene rings is 3. The highest BCUT2D eigenvalue weighted by molar-refractivity contribution is 8.93. The van der Waals surface area contributed by atoms with Crippen LogP contribution in [-0.2, 0) is 16.1 Å². The maximum absolute atomic E-state index is 12.4. The fourth-order valence-corrected chi connectivity index (χ4v) is 4.61. The Hall–Kier alpha value is -1.93. The largest absolute Gasteiger partial charge is 0.486 e. The monoisotopic (exact) mass is 644 g/mol. The van der Waals surface area contributed by atoms with Crippen LogP contribution in [0.5, 0.6) is 5.75 Å². The van der Waals surface area contributed by atoms with Gasteiger partial charge in [0.2, 0.25) is 0 Å². The van der Waals surface area contributed by atoms with Gasteiger partial charge in [0.25, 0.3) is 0 Å². The third-order valence-electron chi connectivity index (χ3n) is 5.54. The van der Waals surface area contributed by atoms with E-state index in [1.54, 1.807) is 24.3 Å². The molecule has 0 bridgehead atoms. The Balaban J connectivity index is 0.00000380. The fraction of sp³-hybridized carbons (Fsp3) is 0.222. The molecule has 0 amide bonds. The van der Waals surface area contributed by atoms with Gasteiger partial charge in [0.05, 0.1) is 19.8 Å². The number of para-hydroxylation sites is 1. The smallest absolute Gasteiger partial charge is 0.189 e. The summed E-state index contributed by atoms with van der Waals surface area (Å²) < 4.78 is 11.8. The number of carbonyl (C=O) groups excluding carboxylic acids is 1. The summed E-state index contributed by atoms with van der Waals surface area (Å²) >= 11 is 25.4. The van der Waals surface area contributed by atoms with Crippen LogP contribution < -0.4 is 4.74 Å². The third kappa shape index (κ3) is 8.54. The molecule has 5 nitrogen and oxygen atoms in total. The van der Waals surface area contributed by atoms with Crippen molar-refractivity contribution in [1.29, 1.82) is 0 Å². The van der Waals surface area contributed by atoms with Crippen LogP contribution in [0, 0.1) is 0 Å². The number of rotatable bonds is 11. The molecule has 3 aromatic rings. The van der Waals surface area contributed by atoms with Gasteiger partial charge in [0, 0.05) is 27.5 Å². The van der Waals surface area contributed by atoms with E-state index in [2.05, 4.69) is 0 Å². The van der Waals surface area contributed by atoms with Crippen molar-refractivity contribution in [3.8, 4) is 5.75 Å². The standard InChI is InChI=1S/C27H24Cl4N2O3.BrH/c28-21-9-6-19(7-10-21)26(36-16-20-8-11-22(29)14-25(20)30)27(31)33-13-12-32(18-33)15-23(34)17-35-24-4-2-1-3-5-24;/h1-14,26-27H,15-18H2;1H. The lowest BCUT2D eigenvalue weighted by atomic mass is 10.1. The van der Waals surface area contributed by atoms with Crippen LogP contribution in [0.25, 0.3) is 0 Å². The van der Waals surface area contributed by atoms with Gasteiger partial charge in [-0.05, 0) is 47.5 Å². The molecule has 3 aromatic carbocycles. The number of ketones is 1. The normalized spacial score (nSPS) is 14.3. The van der Waals surface area contributed by atoms with Crippen molar-refractivity contribution in [2.45, 2.75) is 18.2 Å². The molecule has 1 aliphatic heterocycles. The average molecular weight is 647 g/mol. The van der Waals surface area contributed by atoms with Crippen molar-refractivity contribution >= 4 is 69.2 Å². The van der Waals surface area contributed by atoms with Gasteiger partial charge in [0.1, 0.15) is 24.0 Å². The molecule has 0 aromatic heterocycles. The minimum Gasteiger partial charge on any atom is -0.486 e. The lowest BCUT2D eigenvalue weighted by Crippen LogP contribution is -2.37. The number of ether oxygens (including phenoxy) is 2. The first-order valence-corrected chi connectivity index (χ1v) is 12.8. The van der Waals surface area contributed by atoms with E-state index >= 15 is 0 Å². The Morgan fingerprint density at radius 1 is 0.919 bits per heavy atom. The molecule has 0 saturated heterocycles. The molecule has 37 heavy (non-hydrogen) atoms. The maximum atomic E-state index is 12.4. The molecule has 0 spiro atoms. The van der Waals surface area contributed by atoms with E-state index in [0.717, 1.165) is 11.1 Å². The van der Waals surface area contributed by atoms with Gasteiger partial charge in [-0.1, -0.05) is 82.8 Å². The van der Waals surface area contributed by atoms with Crippen LogP contribution in [-0.4, -0.2) is 40.9 Å². The summed E-state index contributed by atoms with van der Waals surface area (Å²) in [5, 5.41) is 1.69. The Morgan fingerprint density at radius 3 is 2.32 bits per heavy atom. The SMILES string of the molecule is Br.O=C(COc1ccccc1)CN1C=CN(C(Cl)C(OCc2ccc(Cl)cc2Cl)c2ccc(Cl)cc2)C1. The molecule has 10 heteroatoms. The van der Waals surface area contributed by atoms with E-state index in [1.807, 2.05) is 70.7 Å². The zero-order valence-corrected chi connectivity index (χ0v) is 24.3. The molecule has 0 radical (unpaired) electrons. The van der Waals surface area contributed by atoms with Gasteiger partial charge >= 0.3 is 0 Å². The summed E-state index contributed by atoms with van der Waals surface area (Å²) in [7, 11) is 0. The minimum absolute atomic E-state index is 0. The number of hydrogen-bond donors (Lipinski definition) is 0. The molecule has 2 unspecified atom stereocenters. The van der Waals surface area contributed by atoms with Crippen molar-refractivity contribution in [3.05, 3.63) is 111 Å². The highest BCUT2D eigenvalue weighted by Gasteiger charge is 2.30. The quantitative estimate of drug-likeness (QED) is 0.158. The summed E-state index contributed by atoms with van der Waals surface area (Å²) in [5.41, 5.74) is 1.10. The summed E-state index contributed by atoms with van der Waals surface area (Å²) in [4.78, 5) is 16.2. The predicted molar refractivity (Wildman–Crippen MR) is 155 cm³/mol. The second-order valence-electron chi connectivity index (χ2n) is 8.23. The second-order valence-corrected chi connectivity index (χ2v) is 9.96. The van der Waals surface area contributed by atoms with Crippen LogP contribution in [0.4, 0.5) is 0 Å². The van der Waals surface area contributed by atoms with Crippen LogP contribution in [0.1, 0.15) is 17.2 Å². The van der Waals surface area contributed by atoms with Crippen molar-refractivity contribution in [3.63, 3.8) is 0 Å². The highest BCUT2D eigenvalue weighted by Crippen LogP contribution is 2.32. The molecule has 0 saturated carbocycles. The first kappa shape index (κ1) is 29.6. The van der Waals surface area contributed by atoms with E-state index in [1.165, 1.54) is 0 Å². The molecular formula is C27H25BrCl4N2O3. The van der Waals surface area contributed by atoms with Gasteiger partial charge in [-0.2, -0.15) is 0 Å². The van der Waals surface area contributed by atoms with Crippen LogP contribution in [0.2, 0.25) is 15.1 Å². The first-order chi connectivity index (χ1) is 17.4. The molecule has 4 rings (SSSR count). The Kier molecular flexibility index (Phi) is 11.4. The average Bonchev–Trinajstić information content (AvgIpc) is 3.34. The number of carbonyl (C=O) groups is 1. The minimum atomic E-state index is -0.561. The summed E-state index contributed by atoms with van der Waals surface area (Å²) in [5.74, 6) is 0.619. The van der Waals surface area contributed by atoms with E-state index in [0.29, 0.717) is 27.5 Å². The molecule has 1 aliphatic rings.